The highest BCUT2D eigenvalue weighted by Gasteiger charge is 2.25. The third-order valence-corrected chi connectivity index (χ3v) is 4.63. The number of aromatic amines is 1. The zero-order valence-corrected chi connectivity index (χ0v) is 13.2. The average molecular weight is 308 g/mol. The molecule has 1 aliphatic rings. The largest absolute Gasteiger partial charge is 0.369 e. The Morgan fingerprint density at radius 3 is 2.96 bits per heavy atom. The third kappa shape index (κ3) is 2.60. The van der Waals surface area contributed by atoms with Gasteiger partial charge in [-0.25, -0.2) is 9.97 Å². The van der Waals surface area contributed by atoms with Gasteiger partial charge in [-0.1, -0.05) is 18.2 Å². The second kappa shape index (κ2) is 5.87. The number of anilines is 2. The summed E-state index contributed by atoms with van der Waals surface area (Å²) in [5.74, 6) is 0.948. The summed E-state index contributed by atoms with van der Waals surface area (Å²) >= 11 is 0. The second-order valence-electron chi connectivity index (χ2n) is 6.02. The number of para-hydroxylation sites is 1. The van der Waals surface area contributed by atoms with E-state index < -0.39 is 0 Å². The Kier molecular flexibility index (Phi) is 3.57. The Morgan fingerprint density at radius 1 is 1.22 bits per heavy atom. The summed E-state index contributed by atoms with van der Waals surface area (Å²) in [6.07, 6.45) is 5.76. The van der Waals surface area contributed by atoms with E-state index in [0.717, 1.165) is 29.9 Å². The number of nitrogens with one attached hydrogen (secondary N) is 1. The quantitative estimate of drug-likeness (QED) is 0.805. The van der Waals surface area contributed by atoms with E-state index in [2.05, 4.69) is 67.3 Å². The number of rotatable bonds is 3. The first-order valence-corrected chi connectivity index (χ1v) is 8.00. The van der Waals surface area contributed by atoms with Crippen molar-refractivity contribution in [3.8, 4) is 0 Å². The minimum absolute atomic E-state index is 0.428. The first-order valence-electron chi connectivity index (χ1n) is 8.00. The molecular weight excluding hydrogens is 288 g/mol. The molecule has 2 aromatic heterocycles. The molecule has 0 amide bonds. The Hall–Kier alpha value is -2.63. The molecule has 0 radical (unpaired) electrons. The fraction of sp³-hybridized carbons (Fsp3) is 0.353. The van der Waals surface area contributed by atoms with Crippen molar-refractivity contribution in [3.63, 3.8) is 0 Å². The lowest BCUT2D eigenvalue weighted by atomic mass is 10.0. The highest BCUT2D eigenvalue weighted by Crippen LogP contribution is 2.27. The third-order valence-electron chi connectivity index (χ3n) is 4.63. The highest BCUT2D eigenvalue weighted by atomic mass is 15.3. The van der Waals surface area contributed by atoms with Crippen LogP contribution in [0.4, 0.5) is 11.5 Å². The molecule has 6 nitrogen and oxygen atoms in total. The number of nitrogens with zero attached hydrogens (tertiary/aromatic N) is 5. The number of piperidine rings is 1. The predicted octanol–water partition coefficient (Wildman–Crippen LogP) is 2.46. The molecule has 118 valence electrons. The maximum absolute atomic E-state index is 4.49. The number of fused-ring (bicyclic) bond motifs is 1. The average Bonchev–Trinajstić information content (AvgIpc) is 3.11. The maximum atomic E-state index is 4.49. The molecule has 0 spiro atoms. The molecule has 0 bridgehead atoms. The normalized spacial score (nSPS) is 18.3. The Balaban J connectivity index is 1.59. The van der Waals surface area contributed by atoms with Gasteiger partial charge in [-0.15, -0.1) is 0 Å². The van der Waals surface area contributed by atoms with E-state index in [1.54, 1.807) is 12.5 Å². The molecule has 0 aliphatic carbocycles. The number of benzene rings is 1. The van der Waals surface area contributed by atoms with Crippen molar-refractivity contribution in [3.05, 3.63) is 42.9 Å². The summed E-state index contributed by atoms with van der Waals surface area (Å²) in [5, 5.41) is 7.98. The van der Waals surface area contributed by atoms with Crippen molar-refractivity contribution in [2.24, 2.45) is 0 Å². The molecule has 6 heteroatoms. The van der Waals surface area contributed by atoms with E-state index in [0.29, 0.717) is 6.04 Å². The molecule has 1 aliphatic heterocycles. The summed E-state index contributed by atoms with van der Waals surface area (Å²) in [4.78, 5) is 13.4. The van der Waals surface area contributed by atoms with Gasteiger partial charge in [0.15, 0.2) is 5.65 Å². The summed E-state index contributed by atoms with van der Waals surface area (Å²) in [7, 11) is 2.12. The van der Waals surface area contributed by atoms with Gasteiger partial charge < -0.3 is 9.80 Å². The van der Waals surface area contributed by atoms with E-state index in [-0.39, 0.29) is 0 Å². The molecule has 1 aromatic carbocycles. The molecule has 3 aromatic rings. The van der Waals surface area contributed by atoms with E-state index in [4.69, 9.17) is 0 Å². The van der Waals surface area contributed by atoms with Gasteiger partial charge in [0, 0.05) is 31.9 Å². The van der Waals surface area contributed by atoms with E-state index in [1.807, 2.05) is 0 Å². The van der Waals surface area contributed by atoms with Gasteiger partial charge in [0.1, 0.15) is 12.1 Å². The van der Waals surface area contributed by atoms with Crippen LogP contribution in [0, 0.1) is 0 Å². The van der Waals surface area contributed by atoms with Crippen LogP contribution in [-0.2, 0) is 0 Å². The molecule has 23 heavy (non-hydrogen) atoms. The monoisotopic (exact) mass is 308 g/mol. The van der Waals surface area contributed by atoms with Crippen LogP contribution in [0.15, 0.2) is 42.9 Å². The summed E-state index contributed by atoms with van der Waals surface area (Å²) in [6, 6.07) is 11.1. The predicted molar refractivity (Wildman–Crippen MR) is 91.8 cm³/mol. The lowest BCUT2D eigenvalue weighted by molar-refractivity contribution is 0.486. The van der Waals surface area contributed by atoms with Gasteiger partial charge in [0.05, 0.1) is 11.6 Å². The fourth-order valence-corrected chi connectivity index (χ4v) is 3.35. The van der Waals surface area contributed by atoms with Gasteiger partial charge in [-0.3, -0.25) is 5.10 Å². The zero-order valence-electron chi connectivity index (χ0n) is 13.2. The molecule has 1 atom stereocenters. The van der Waals surface area contributed by atoms with Crippen LogP contribution in [0.1, 0.15) is 12.8 Å². The Morgan fingerprint density at radius 2 is 2.09 bits per heavy atom. The van der Waals surface area contributed by atoms with Crippen LogP contribution in [0.25, 0.3) is 11.0 Å². The lowest BCUT2D eigenvalue weighted by Crippen LogP contribution is -2.47. The molecule has 1 saturated heterocycles. The summed E-state index contributed by atoms with van der Waals surface area (Å²) in [6.45, 7) is 2.11. The minimum Gasteiger partial charge on any atom is -0.369 e. The lowest BCUT2D eigenvalue weighted by Gasteiger charge is -2.39. The van der Waals surface area contributed by atoms with E-state index in [9.17, 15) is 0 Å². The highest BCUT2D eigenvalue weighted by molar-refractivity contribution is 5.86. The molecule has 0 saturated carbocycles. The van der Waals surface area contributed by atoms with Crippen LogP contribution < -0.4 is 9.80 Å². The van der Waals surface area contributed by atoms with Gasteiger partial charge in [-0.05, 0) is 25.0 Å². The van der Waals surface area contributed by atoms with Crippen molar-refractivity contribution in [2.75, 3.05) is 29.9 Å². The zero-order chi connectivity index (χ0) is 15.6. The number of H-pyrrole nitrogens is 1. The number of likely N-dealkylation sites (N-methyl/N-ethyl adjacent to an activating group) is 1. The SMILES string of the molecule is CN(c1ncnc2[nH]ncc12)C1CCCN(c2ccccc2)C1. The molecule has 1 unspecified atom stereocenters. The van der Waals surface area contributed by atoms with Crippen LogP contribution in [0.5, 0.6) is 0 Å². The first kappa shape index (κ1) is 14.0. The van der Waals surface area contributed by atoms with Gasteiger partial charge in [0.2, 0.25) is 0 Å². The van der Waals surface area contributed by atoms with Crippen molar-refractivity contribution >= 4 is 22.5 Å². The Labute approximate surface area is 135 Å². The van der Waals surface area contributed by atoms with Crippen LogP contribution >= 0.6 is 0 Å². The fourth-order valence-electron chi connectivity index (χ4n) is 3.35. The van der Waals surface area contributed by atoms with Crippen LogP contribution in [0.3, 0.4) is 0 Å². The van der Waals surface area contributed by atoms with Gasteiger partial charge >= 0.3 is 0 Å². The van der Waals surface area contributed by atoms with Crippen molar-refractivity contribution < 1.29 is 0 Å². The van der Waals surface area contributed by atoms with Crippen molar-refractivity contribution in [1.29, 1.82) is 0 Å². The van der Waals surface area contributed by atoms with Crippen molar-refractivity contribution in [2.45, 2.75) is 18.9 Å². The molecular formula is C17H20N6. The topological polar surface area (TPSA) is 60.9 Å². The number of hydrogen-bond acceptors (Lipinski definition) is 5. The maximum Gasteiger partial charge on any atom is 0.160 e. The minimum atomic E-state index is 0.428. The second-order valence-corrected chi connectivity index (χ2v) is 6.02. The number of aromatic nitrogens is 4. The molecule has 3 heterocycles. The van der Waals surface area contributed by atoms with Gasteiger partial charge in [0.25, 0.3) is 0 Å². The van der Waals surface area contributed by atoms with E-state index in [1.165, 1.54) is 18.5 Å². The number of hydrogen-bond donors (Lipinski definition) is 1. The standard InChI is InChI=1S/C17H20N6/c1-22(17-15-10-20-21-16(15)18-12-19-17)14-8-5-9-23(11-14)13-6-3-2-4-7-13/h2-4,6-7,10,12,14H,5,8-9,11H2,1H3,(H,18,19,20,21). The molecule has 1 N–H and O–H groups in total. The first-order chi connectivity index (χ1) is 11.3. The van der Waals surface area contributed by atoms with Crippen molar-refractivity contribution in [1.82, 2.24) is 20.2 Å². The molecule has 4 rings (SSSR count). The molecule has 1 fully saturated rings. The van der Waals surface area contributed by atoms with Gasteiger partial charge in [-0.2, -0.15) is 5.10 Å². The smallest absolute Gasteiger partial charge is 0.160 e. The van der Waals surface area contributed by atoms with Crippen LogP contribution in [-0.4, -0.2) is 46.3 Å². The Bertz CT molecular complexity index is 784. The van der Waals surface area contributed by atoms with Crippen LogP contribution in [0.2, 0.25) is 0 Å². The summed E-state index contributed by atoms with van der Waals surface area (Å²) in [5.41, 5.74) is 2.08. The van der Waals surface area contributed by atoms with E-state index >= 15 is 0 Å². The summed E-state index contributed by atoms with van der Waals surface area (Å²) < 4.78 is 0.